The summed E-state index contributed by atoms with van der Waals surface area (Å²) in [7, 11) is 1.83. The van der Waals surface area contributed by atoms with E-state index >= 15 is 0 Å². The fourth-order valence-electron chi connectivity index (χ4n) is 1.93. The van der Waals surface area contributed by atoms with Crippen LogP contribution >= 0.6 is 0 Å². The van der Waals surface area contributed by atoms with Crippen molar-refractivity contribution in [1.29, 1.82) is 0 Å². The number of aliphatic hydroxyl groups excluding tert-OH is 2. The lowest BCUT2D eigenvalue weighted by Crippen LogP contribution is -2.23. The first-order valence-corrected chi connectivity index (χ1v) is 6.78. The highest BCUT2D eigenvalue weighted by molar-refractivity contribution is 5.24. The smallest absolute Gasteiger partial charge is 0.105 e. The normalized spacial score (nSPS) is 14.4. The lowest BCUT2D eigenvalue weighted by atomic mass is 9.99. The van der Waals surface area contributed by atoms with Gasteiger partial charge in [-0.3, -0.25) is 0 Å². The molecule has 0 saturated carbocycles. The number of hydrogen-bond donors (Lipinski definition) is 3. The van der Waals surface area contributed by atoms with Crippen molar-refractivity contribution < 1.29 is 10.2 Å². The van der Waals surface area contributed by atoms with Crippen LogP contribution in [0.5, 0.6) is 0 Å². The van der Waals surface area contributed by atoms with E-state index in [0.29, 0.717) is 13.0 Å². The van der Waals surface area contributed by atoms with Gasteiger partial charge in [0.2, 0.25) is 0 Å². The minimum atomic E-state index is -0.793. The number of aliphatic hydroxyl groups is 2. The number of unbranched alkanes of at least 4 members (excludes halogenated alkanes) is 1. The molecule has 0 radical (unpaired) electrons. The van der Waals surface area contributed by atoms with Crippen molar-refractivity contribution in [3.63, 3.8) is 0 Å². The third kappa shape index (κ3) is 4.77. The van der Waals surface area contributed by atoms with Gasteiger partial charge in [0.25, 0.3) is 0 Å². The maximum Gasteiger partial charge on any atom is 0.105 e. The third-order valence-electron chi connectivity index (χ3n) is 3.19. The van der Waals surface area contributed by atoms with Crippen molar-refractivity contribution in [3.8, 4) is 0 Å². The molecule has 1 aromatic rings. The number of aryl methyl sites for hydroxylation is 1. The van der Waals surface area contributed by atoms with Crippen molar-refractivity contribution in [3.05, 3.63) is 35.4 Å². The molecule has 3 N–H and O–H groups in total. The Morgan fingerprint density at radius 2 is 1.83 bits per heavy atom. The minimum absolute atomic E-state index is 0.551. The third-order valence-corrected chi connectivity index (χ3v) is 3.19. The van der Waals surface area contributed by atoms with Crippen LogP contribution in [-0.2, 0) is 6.42 Å². The van der Waals surface area contributed by atoms with Gasteiger partial charge in [0.15, 0.2) is 0 Å². The molecule has 1 rings (SSSR count). The molecule has 0 aromatic heterocycles. The Bertz CT molecular complexity index is 324. The van der Waals surface area contributed by atoms with Gasteiger partial charge in [-0.2, -0.15) is 0 Å². The van der Waals surface area contributed by atoms with Crippen molar-refractivity contribution in [1.82, 2.24) is 5.32 Å². The average Bonchev–Trinajstić information content (AvgIpc) is 2.42. The Morgan fingerprint density at radius 3 is 2.39 bits per heavy atom. The first kappa shape index (κ1) is 15.2. The van der Waals surface area contributed by atoms with Crippen molar-refractivity contribution in [2.45, 2.75) is 44.8 Å². The van der Waals surface area contributed by atoms with Crippen molar-refractivity contribution in [2.75, 3.05) is 13.6 Å². The fraction of sp³-hybridized carbons (Fsp3) is 0.600. The Kier molecular flexibility index (Phi) is 6.94. The zero-order chi connectivity index (χ0) is 13.4. The van der Waals surface area contributed by atoms with Gasteiger partial charge in [-0.25, -0.2) is 0 Å². The summed E-state index contributed by atoms with van der Waals surface area (Å²) >= 11 is 0. The predicted octanol–water partition coefficient (Wildman–Crippen LogP) is 2.03. The maximum absolute atomic E-state index is 10.0. The Hall–Kier alpha value is -0.900. The number of rotatable bonds is 8. The zero-order valence-corrected chi connectivity index (χ0v) is 11.4. The summed E-state index contributed by atoms with van der Waals surface area (Å²) < 4.78 is 0. The number of hydrogen-bond acceptors (Lipinski definition) is 3. The van der Waals surface area contributed by atoms with Gasteiger partial charge in [0, 0.05) is 0 Å². The Labute approximate surface area is 110 Å². The molecule has 0 heterocycles. The lowest BCUT2D eigenvalue weighted by molar-refractivity contribution is 0.0140. The molecule has 0 bridgehead atoms. The van der Waals surface area contributed by atoms with Gasteiger partial charge in [-0.05, 0) is 44.0 Å². The molecule has 0 spiro atoms. The lowest BCUT2D eigenvalue weighted by Gasteiger charge is -2.18. The Balaban J connectivity index is 2.55. The maximum atomic E-state index is 10.0. The minimum Gasteiger partial charge on any atom is -0.390 e. The quantitative estimate of drug-likeness (QED) is 0.662. The summed E-state index contributed by atoms with van der Waals surface area (Å²) in [6.07, 6.45) is 2.50. The molecule has 0 aliphatic rings. The molecule has 0 aliphatic heterocycles. The summed E-state index contributed by atoms with van der Waals surface area (Å²) in [5.41, 5.74) is 2.08. The second kappa shape index (κ2) is 8.25. The largest absolute Gasteiger partial charge is 0.390 e. The summed E-state index contributed by atoms with van der Waals surface area (Å²) in [6, 6.07) is 7.91. The number of benzene rings is 1. The highest BCUT2D eigenvalue weighted by Gasteiger charge is 2.17. The molecule has 2 unspecified atom stereocenters. The van der Waals surface area contributed by atoms with Gasteiger partial charge in [0.05, 0.1) is 6.10 Å². The van der Waals surface area contributed by atoms with Gasteiger partial charge >= 0.3 is 0 Å². The molecule has 18 heavy (non-hydrogen) atoms. The van der Waals surface area contributed by atoms with E-state index in [9.17, 15) is 10.2 Å². The molecule has 0 fully saturated rings. The van der Waals surface area contributed by atoms with Gasteiger partial charge < -0.3 is 15.5 Å². The van der Waals surface area contributed by atoms with E-state index in [0.717, 1.165) is 12.0 Å². The van der Waals surface area contributed by atoms with E-state index in [1.807, 2.05) is 31.3 Å². The second-order valence-electron chi connectivity index (χ2n) is 4.75. The van der Waals surface area contributed by atoms with Crippen molar-refractivity contribution in [2.24, 2.45) is 0 Å². The van der Waals surface area contributed by atoms with Crippen LogP contribution < -0.4 is 5.32 Å². The van der Waals surface area contributed by atoms with Crippen LogP contribution in [0.25, 0.3) is 0 Å². The van der Waals surface area contributed by atoms with E-state index in [1.54, 1.807) is 0 Å². The standard InChI is InChI=1S/C15H25NO2/c1-3-4-5-12-6-8-13(9-7-12)15(18)14(17)10-11-16-2/h6-9,14-18H,3-5,10-11H2,1-2H3. The molecule has 2 atom stereocenters. The molecule has 0 amide bonds. The second-order valence-corrected chi connectivity index (χ2v) is 4.75. The molecule has 0 saturated heterocycles. The predicted molar refractivity (Wildman–Crippen MR) is 74.6 cm³/mol. The van der Waals surface area contributed by atoms with Crippen LogP contribution in [0.15, 0.2) is 24.3 Å². The summed E-state index contributed by atoms with van der Waals surface area (Å²) in [6.45, 7) is 2.88. The van der Waals surface area contributed by atoms with Crippen LogP contribution in [-0.4, -0.2) is 29.9 Å². The van der Waals surface area contributed by atoms with Gasteiger partial charge in [-0.15, -0.1) is 0 Å². The molecular formula is C15H25NO2. The van der Waals surface area contributed by atoms with E-state index in [2.05, 4.69) is 12.2 Å². The molecular weight excluding hydrogens is 226 g/mol. The first-order chi connectivity index (χ1) is 8.69. The molecule has 102 valence electrons. The topological polar surface area (TPSA) is 52.5 Å². The van der Waals surface area contributed by atoms with Crippen LogP contribution in [0.3, 0.4) is 0 Å². The zero-order valence-electron chi connectivity index (χ0n) is 11.4. The SMILES string of the molecule is CCCCc1ccc(C(O)C(O)CCNC)cc1. The molecule has 3 heteroatoms. The van der Waals surface area contributed by atoms with Crippen LogP contribution in [0.1, 0.15) is 43.4 Å². The molecule has 0 aliphatic carbocycles. The van der Waals surface area contributed by atoms with E-state index in [4.69, 9.17) is 0 Å². The molecule has 3 nitrogen and oxygen atoms in total. The summed E-state index contributed by atoms with van der Waals surface area (Å²) in [5.74, 6) is 0. The highest BCUT2D eigenvalue weighted by atomic mass is 16.3. The van der Waals surface area contributed by atoms with Crippen molar-refractivity contribution >= 4 is 0 Å². The van der Waals surface area contributed by atoms with Crippen LogP contribution in [0, 0.1) is 0 Å². The van der Waals surface area contributed by atoms with Crippen LogP contribution in [0.2, 0.25) is 0 Å². The van der Waals surface area contributed by atoms with E-state index in [1.165, 1.54) is 18.4 Å². The fourth-order valence-corrected chi connectivity index (χ4v) is 1.93. The van der Waals surface area contributed by atoms with E-state index < -0.39 is 12.2 Å². The molecule has 1 aromatic carbocycles. The first-order valence-electron chi connectivity index (χ1n) is 6.78. The van der Waals surface area contributed by atoms with Gasteiger partial charge in [-0.1, -0.05) is 37.6 Å². The monoisotopic (exact) mass is 251 g/mol. The van der Waals surface area contributed by atoms with E-state index in [-0.39, 0.29) is 0 Å². The van der Waals surface area contributed by atoms with Crippen LogP contribution in [0.4, 0.5) is 0 Å². The Morgan fingerprint density at radius 1 is 1.17 bits per heavy atom. The summed E-state index contributed by atoms with van der Waals surface area (Å²) in [4.78, 5) is 0. The number of nitrogens with one attached hydrogen (secondary N) is 1. The van der Waals surface area contributed by atoms with Gasteiger partial charge in [0.1, 0.15) is 6.10 Å². The highest BCUT2D eigenvalue weighted by Crippen LogP contribution is 2.19. The average molecular weight is 251 g/mol. The summed E-state index contributed by atoms with van der Waals surface area (Å²) in [5, 5.41) is 22.8.